The highest BCUT2D eigenvalue weighted by Crippen LogP contribution is 2.33. The average molecular weight is 338 g/mol. The summed E-state index contributed by atoms with van der Waals surface area (Å²) in [4.78, 5) is 21.2. The van der Waals surface area contributed by atoms with Crippen LogP contribution in [-0.2, 0) is 4.74 Å². The summed E-state index contributed by atoms with van der Waals surface area (Å²) in [6, 6.07) is 0. The van der Waals surface area contributed by atoms with Crippen molar-refractivity contribution in [3.05, 3.63) is 10.1 Å². The van der Waals surface area contributed by atoms with Gasteiger partial charge in [0.25, 0.3) is 0 Å². The number of morpholine rings is 1. The molecule has 1 fully saturated rings. The van der Waals surface area contributed by atoms with E-state index in [1.807, 2.05) is 18.7 Å². The standard InChI is InChI=1S/C15H26N6O3/c1-9(2)5-6-17-15-18-13(16)12(21(22)23)14(19-15)20-7-10(3)24-11(4)8-20/h9-11H,5-8H2,1-4H3,(H3,16,17,18,19)/t10-,11-/m0/s1. The van der Waals surface area contributed by atoms with Crippen molar-refractivity contribution in [2.45, 2.75) is 46.3 Å². The molecule has 0 radical (unpaired) electrons. The monoisotopic (exact) mass is 338 g/mol. The van der Waals surface area contributed by atoms with E-state index < -0.39 is 4.92 Å². The topological polar surface area (TPSA) is 119 Å². The lowest BCUT2D eigenvalue weighted by Crippen LogP contribution is -2.46. The van der Waals surface area contributed by atoms with Gasteiger partial charge in [-0.25, -0.2) is 0 Å². The summed E-state index contributed by atoms with van der Waals surface area (Å²) in [7, 11) is 0. The van der Waals surface area contributed by atoms with Gasteiger partial charge in [0.15, 0.2) is 0 Å². The summed E-state index contributed by atoms with van der Waals surface area (Å²) in [6.45, 7) is 9.83. The lowest BCUT2D eigenvalue weighted by Gasteiger charge is -2.35. The minimum absolute atomic E-state index is 0.0399. The Labute approximate surface area is 141 Å². The fraction of sp³-hybridized carbons (Fsp3) is 0.733. The molecular weight excluding hydrogens is 312 g/mol. The van der Waals surface area contributed by atoms with E-state index in [1.54, 1.807) is 0 Å². The van der Waals surface area contributed by atoms with E-state index in [4.69, 9.17) is 10.5 Å². The van der Waals surface area contributed by atoms with Gasteiger partial charge in [0.2, 0.25) is 17.6 Å². The molecule has 0 spiro atoms. The van der Waals surface area contributed by atoms with E-state index in [0.29, 0.717) is 31.5 Å². The van der Waals surface area contributed by atoms with E-state index >= 15 is 0 Å². The number of ether oxygens (including phenoxy) is 1. The zero-order valence-corrected chi connectivity index (χ0v) is 14.7. The van der Waals surface area contributed by atoms with Gasteiger partial charge in [0, 0.05) is 19.6 Å². The van der Waals surface area contributed by atoms with Crippen LogP contribution < -0.4 is 16.0 Å². The quantitative estimate of drug-likeness (QED) is 0.597. The van der Waals surface area contributed by atoms with Crippen LogP contribution in [0.1, 0.15) is 34.1 Å². The summed E-state index contributed by atoms with van der Waals surface area (Å²) in [6.07, 6.45) is 0.866. The van der Waals surface area contributed by atoms with Gasteiger partial charge in [-0.2, -0.15) is 9.97 Å². The first-order valence-corrected chi connectivity index (χ1v) is 8.24. The zero-order valence-electron chi connectivity index (χ0n) is 14.7. The fourth-order valence-electron chi connectivity index (χ4n) is 2.76. The molecule has 3 N–H and O–H groups in total. The highest BCUT2D eigenvalue weighted by Gasteiger charge is 2.31. The Bertz CT molecular complexity index is 585. The molecule has 134 valence electrons. The summed E-state index contributed by atoms with van der Waals surface area (Å²) < 4.78 is 5.69. The molecule has 1 aromatic heterocycles. The second kappa shape index (κ2) is 7.61. The van der Waals surface area contributed by atoms with Gasteiger partial charge < -0.3 is 20.7 Å². The van der Waals surface area contributed by atoms with Gasteiger partial charge in [0.1, 0.15) is 0 Å². The molecule has 2 heterocycles. The van der Waals surface area contributed by atoms with Crippen LogP contribution in [-0.4, -0.2) is 46.7 Å². The highest BCUT2D eigenvalue weighted by molar-refractivity contribution is 5.71. The van der Waals surface area contributed by atoms with Crippen molar-refractivity contribution in [1.29, 1.82) is 0 Å². The predicted octanol–water partition coefficient (Wildman–Crippen LogP) is 2.04. The maximum atomic E-state index is 11.4. The fourth-order valence-corrected chi connectivity index (χ4v) is 2.76. The van der Waals surface area contributed by atoms with Crippen molar-refractivity contribution in [2.24, 2.45) is 5.92 Å². The smallest absolute Gasteiger partial charge is 0.353 e. The third-order valence-electron chi connectivity index (χ3n) is 3.80. The Morgan fingerprint density at radius 3 is 2.54 bits per heavy atom. The maximum Gasteiger partial charge on any atom is 0.353 e. The molecule has 9 heteroatoms. The number of anilines is 3. The summed E-state index contributed by atoms with van der Waals surface area (Å²) in [5.41, 5.74) is 5.60. The first-order valence-electron chi connectivity index (χ1n) is 8.24. The number of aromatic nitrogens is 2. The molecule has 24 heavy (non-hydrogen) atoms. The largest absolute Gasteiger partial charge is 0.378 e. The van der Waals surface area contributed by atoms with Crippen molar-refractivity contribution in [3.8, 4) is 0 Å². The summed E-state index contributed by atoms with van der Waals surface area (Å²) in [5.74, 6) is 0.985. The molecule has 2 atom stereocenters. The summed E-state index contributed by atoms with van der Waals surface area (Å²) in [5, 5.41) is 14.5. The minimum Gasteiger partial charge on any atom is -0.378 e. The number of nitrogens with two attached hydrogens (primary N) is 1. The Morgan fingerprint density at radius 2 is 2.00 bits per heavy atom. The molecule has 1 aliphatic heterocycles. The van der Waals surface area contributed by atoms with Crippen molar-refractivity contribution < 1.29 is 9.66 Å². The zero-order chi connectivity index (χ0) is 17.9. The second-order valence-electron chi connectivity index (χ2n) is 6.63. The van der Waals surface area contributed by atoms with Crippen molar-refractivity contribution >= 4 is 23.3 Å². The first kappa shape index (κ1) is 18.2. The third-order valence-corrected chi connectivity index (χ3v) is 3.80. The lowest BCUT2D eigenvalue weighted by atomic mass is 10.1. The Hall–Kier alpha value is -2.16. The van der Waals surface area contributed by atoms with Gasteiger partial charge >= 0.3 is 5.69 Å². The molecule has 1 aromatic rings. The normalized spacial score (nSPS) is 21.1. The van der Waals surface area contributed by atoms with Crippen molar-refractivity contribution in [2.75, 3.05) is 35.6 Å². The second-order valence-corrected chi connectivity index (χ2v) is 6.63. The maximum absolute atomic E-state index is 11.4. The molecule has 0 amide bonds. The van der Waals surface area contributed by atoms with Gasteiger partial charge in [-0.05, 0) is 26.2 Å². The summed E-state index contributed by atoms with van der Waals surface area (Å²) >= 11 is 0. The van der Waals surface area contributed by atoms with Gasteiger partial charge in [-0.3, -0.25) is 10.1 Å². The molecule has 9 nitrogen and oxygen atoms in total. The van der Waals surface area contributed by atoms with E-state index in [2.05, 4.69) is 29.1 Å². The van der Waals surface area contributed by atoms with Crippen LogP contribution in [0, 0.1) is 16.0 Å². The van der Waals surface area contributed by atoms with Crippen LogP contribution in [0.15, 0.2) is 0 Å². The molecule has 0 aromatic carbocycles. The average Bonchev–Trinajstić information content (AvgIpc) is 2.44. The van der Waals surface area contributed by atoms with E-state index in [9.17, 15) is 10.1 Å². The number of nitrogens with one attached hydrogen (secondary N) is 1. The van der Waals surface area contributed by atoms with Gasteiger partial charge in [0.05, 0.1) is 17.1 Å². The van der Waals surface area contributed by atoms with E-state index in [-0.39, 0.29) is 29.5 Å². The van der Waals surface area contributed by atoms with Gasteiger partial charge in [-0.1, -0.05) is 13.8 Å². The molecule has 0 unspecified atom stereocenters. The number of nitrogens with zero attached hydrogens (tertiary/aromatic N) is 4. The van der Waals surface area contributed by atoms with Crippen molar-refractivity contribution in [1.82, 2.24) is 9.97 Å². The number of nitro groups is 1. The molecular formula is C15H26N6O3. The molecule has 1 aliphatic rings. The number of hydrogen-bond acceptors (Lipinski definition) is 8. The SMILES string of the molecule is CC(C)CCNc1nc(N)c([N+](=O)[O-])c(N2C[C@H](C)O[C@@H](C)C2)n1. The third kappa shape index (κ3) is 4.44. The van der Waals surface area contributed by atoms with Crippen LogP contribution in [0.4, 0.5) is 23.3 Å². The molecule has 1 saturated heterocycles. The van der Waals surface area contributed by atoms with Crippen LogP contribution in [0.25, 0.3) is 0 Å². The Balaban J connectivity index is 2.31. The Kier molecular flexibility index (Phi) is 5.76. The number of nitrogen functional groups attached to an aromatic ring is 1. The first-order chi connectivity index (χ1) is 11.3. The van der Waals surface area contributed by atoms with Crippen LogP contribution in [0.3, 0.4) is 0 Å². The van der Waals surface area contributed by atoms with E-state index in [1.165, 1.54) is 0 Å². The van der Waals surface area contributed by atoms with Crippen LogP contribution >= 0.6 is 0 Å². The van der Waals surface area contributed by atoms with Gasteiger partial charge in [-0.15, -0.1) is 0 Å². The number of hydrogen-bond donors (Lipinski definition) is 2. The lowest BCUT2D eigenvalue weighted by molar-refractivity contribution is -0.383. The Morgan fingerprint density at radius 1 is 1.38 bits per heavy atom. The van der Waals surface area contributed by atoms with E-state index in [0.717, 1.165) is 6.42 Å². The number of rotatable bonds is 6. The molecule has 0 saturated carbocycles. The highest BCUT2D eigenvalue weighted by atomic mass is 16.6. The molecule has 2 rings (SSSR count). The van der Waals surface area contributed by atoms with Crippen LogP contribution in [0.2, 0.25) is 0 Å². The minimum atomic E-state index is -0.520. The molecule has 0 aliphatic carbocycles. The predicted molar refractivity (Wildman–Crippen MR) is 93.3 cm³/mol. The molecule has 0 bridgehead atoms. The van der Waals surface area contributed by atoms with Crippen LogP contribution in [0.5, 0.6) is 0 Å². The van der Waals surface area contributed by atoms with Crippen molar-refractivity contribution in [3.63, 3.8) is 0 Å².